The fraction of sp³-hybridized carbons (Fsp3) is 0.462. The molecule has 0 spiro atoms. The van der Waals surface area contributed by atoms with Gasteiger partial charge in [-0.3, -0.25) is 4.79 Å². The second kappa shape index (κ2) is 5.54. The van der Waals surface area contributed by atoms with E-state index in [9.17, 15) is 4.79 Å². The highest BCUT2D eigenvalue weighted by Gasteiger charge is 2.06. The van der Waals surface area contributed by atoms with E-state index in [4.69, 9.17) is 5.73 Å². The number of ketones is 1. The minimum absolute atomic E-state index is 0.00434. The summed E-state index contributed by atoms with van der Waals surface area (Å²) in [5.74, 6) is 0.628. The molecule has 0 aliphatic rings. The summed E-state index contributed by atoms with van der Waals surface area (Å²) in [6.45, 7) is 6.80. The van der Waals surface area contributed by atoms with Crippen molar-refractivity contribution in [3.05, 3.63) is 23.8 Å². The van der Waals surface area contributed by atoms with Crippen molar-refractivity contribution in [1.82, 2.24) is 0 Å². The molecule has 0 heterocycles. The molecule has 0 radical (unpaired) electrons. The molecule has 1 unspecified atom stereocenters. The van der Waals surface area contributed by atoms with Crippen LogP contribution in [-0.2, 0) is 0 Å². The van der Waals surface area contributed by atoms with Crippen molar-refractivity contribution in [2.24, 2.45) is 5.92 Å². The lowest BCUT2D eigenvalue weighted by molar-refractivity contribution is 0.101. The molecule has 0 saturated heterocycles. The fourth-order valence-electron chi connectivity index (χ4n) is 1.41. The van der Waals surface area contributed by atoms with Gasteiger partial charge < -0.3 is 11.1 Å². The molecule has 3 nitrogen and oxygen atoms in total. The van der Waals surface area contributed by atoms with Gasteiger partial charge in [0.25, 0.3) is 0 Å². The van der Waals surface area contributed by atoms with Crippen LogP contribution in [0.25, 0.3) is 0 Å². The summed E-state index contributed by atoms with van der Waals surface area (Å²) < 4.78 is 0. The Morgan fingerprint density at radius 2 is 2.19 bits per heavy atom. The number of nitrogen functional groups attached to an aromatic ring is 1. The van der Waals surface area contributed by atoms with Crippen LogP contribution in [0, 0.1) is 5.92 Å². The van der Waals surface area contributed by atoms with Crippen molar-refractivity contribution in [3.63, 3.8) is 0 Å². The Kier molecular flexibility index (Phi) is 4.35. The Morgan fingerprint density at radius 1 is 1.50 bits per heavy atom. The van der Waals surface area contributed by atoms with Gasteiger partial charge in [0.2, 0.25) is 0 Å². The van der Waals surface area contributed by atoms with Gasteiger partial charge >= 0.3 is 0 Å². The van der Waals surface area contributed by atoms with Crippen LogP contribution < -0.4 is 11.1 Å². The molecule has 0 bridgehead atoms. The van der Waals surface area contributed by atoms with Gasteiger partial charge in [-0.2, -0.15) is 0 Å². The summed E-state index contributed by atoms with van der Waals surface area (Å²) in [6.07, 6.45) is 1.14. The van der Waals surface area contributed by atoms with Crippen molar-refractivity contribution in [2.75, 3.05) is 17.6 Å². The number of benzene rings is 1. The average molecular weight is 220 g/mol. The monoisotopic (exact) mass is 220 g/mol. The molecule has 0 aromatic heterocycles. The number of hydrogen-bond acceptors (Lipinski definition) is 3. The highest BCUT2D eigenvalue weighted by Crippen LogP contribution is 2.18. The lowest BCUT2D eigenvalue weighted by atomic mass is 10.1. The average Bonchev–Trinajstić information content (AvgIpc) is 2.27. The van der Waals surface area contributed by atoms with Gasteiger partial charge in [-0.05, 0) is 31.0 Å². The van der Waals surface area contributed by atoms with Crippen molar-refractivity contribution in [1.29, 1.82) is 0 Å². The maximum Gasteiger partial charge on any atom is 0.161 e. The van der Waals surface area contributed by atoms with E-state index in [0.29, 0.717) is 17.2 Å². The zero-order valence-electron chi connectivity index (χ0n) is 10.2. The molecule has 0 aliphatic carbocycles. The van der Waals surface area contributed by atoms with Gasteiger partial charge in [0.05, 0.1) is 0 Å². The van der Waals surface area contributed by atoms with Crippen LogP contribution >= 0.6 is 0 Å². The first-order valence-corrected chi connectivity index (χ1v) is 5.69. The summed E-state index contributed by atoms with van der Waals surface area (Å²) in [5.41, 5.74) is 7.82. The molecule has 0 fully saturated rings. The van der Waals surface area contributed by atoms with Crippen molar-refractivity contribution < 1.29 is 4.79 Å². The Bertz CT molecular complexity index is 374. The molecule has 3 heteroatoms. The molecule has 0 amide bonds. The Labute approximate surface area is 97.0 Å². The third-order valence-electron chi connectivity index (χ3n) is 2.78. The van der Waals surface area contributed by atoms with E-state index in [2.05, 4.69) is 19.2 Å². The van der Waals surface area contributed by atoms with E-state index < -0.39 is 0 Å². The SMILES string of the molecule is CCC(C)CNc1ccc(N)c(C(C)=O)c1. The largest absolute Gasteiger partial charge is 0.398 e. The smallest absolute Gasteiger partial charge is 0.161 e. The Morgan fingerprint density at radius 3 is 2.75 bits per heavy atom. The van der Waals surface area contributed by atoms with E-state index in [1.165, 1.54) is 6.92 Å². The lowest BCUT2D eigenvalue weighted by Crippen LogP contribution is -2.11. The van der Waals surface area contributed by atoms with Crippen LogP contribution in [0.4, 0.5) is 11.4 Å². The second-order valence-corrected chi connectivity index (χ2v) is 4.25. The van der Waals surface area contributed by atoms with E-state index in [-0.39, 0.29) is 5.78 Å². The van der Waals surface area contributed by atoms with Gasteiger partial charge in [0.1, 0.15) is 0 Å². The summed E-state index contributed by atoms with van der Waals surface area (Å²) >= 11 is 0. The zero-order chi connectivity index (χ0) is 12.1. The normalized spacial score (nSPS) is 12.2. The summed E-state index contributed by atoms with van der Waals surface area (Å²) in [5, 5.41) is 3.31. The molecule has 88 valence electrons. The molecule has 0 aliphatic heterocycles. The predicted octanol–water partition coefficient (Wildman–Crippen LogP) is 2.93. The van der Waals surface area contributed by atoms with E-state index in [1.807, 2.05) is 12.1 Å². The number of anilines is 2. The van der Waals surface area contributed by atoms with Gasteiger partial charge in [0.15, 0.2) is 5.78 Å². The second-order valence-electron chi connectivity index (χ2n) is 4.25. The molecule has 1 aromatic rings. The standard InChI is InChI=1S/C13H20N2O/c1-4-9(2)8-15-11-5-6-13(14)12(7-11)10(3)16/h5-7,9,15H,4,8,14H2,1-3H3. The van der Waals surface area contributed by atoms with Crippen LogP contribution in [0.15, 0.2) is 18.2 Å². The molecule has 1 atom stereocenters. The van der Waals surface area contributed by atoms with Crippen molar-refractivity contribution >= 4 is 17.2 Å². The van der Waals surface area contributed by atoms with Gasteiger partial charge in [-0.25, -0.2) is 0 Å². The summed E-state index contributed by atoms with van der Waals surface area (Å²) in [4.78, 5) is 11.3. The number of carbonyl (C=O) groups is 1. The molecule has 1 aromatic carbocycles. The number of carbonyl (C=O) groups excluding carboxylic acids is 1. The molecule has 1 rings (SSSR count). The number of rotatable bonds is 5. The predicted molar refractivity (Wildman–Crippen MR) is 68.8 cm³/mol. The number of nitrogens with one attached hydrogen (secondary N) is 1. The minimum atomic E-state index is 0.00434. The highest BCUT2D eigenvalue weighted by molar-refractivity contribution is 5.99. The molecule has 0 saturated carbocycles. The Balaban J connectivity index is 2.75. The van der Waals surface area contributed by atoms with Crippen LogP contribution in [0.2, 0.25) is 0 Å². The minimum Gasteiger partial charge on any atom is -0.398 e. The highest BCUT2D eigenvalue weighted by atomic mass is 16.1. The molecular formula is C13H20N2O. The van der Waals surface area contributed by atoms with Crippen molar-refractivity contribution in [2.45, 2.75) is 27.2 Å². The first kappa shape index (κ1) is 12.6. The number of hydrogen-bond donors (Lipinski definition) is 2. The van der Waals surface area contributed by atoms with Crippen LogP contribution in [-0.4, -0.2) is 12.3 Å². The van der Waals surface area contributed by atoms with Crippen molar-refractivity contribution in [3.8, 4) is 0 Å². The summed E-state index contributed by atoms with van der Waals surface area (Å²) in [7, 11) is 0. The van der Waals surface area contributed by atoms with Crippen LogP contribution in [0.5, 0.6) is 0 Å². The zero-order valence-corrected chi connectivity index (χ0v) is 10.2. The number of nitrogens with two attached hydrogens (primary N) is 1. The third-order valence-corrected chi connectivity index (χ3v) is 2.78. The van der Waals surface area contributed by atoms with Gasteiger partial charge in [0, 0.05) is 23.5 Å². The number of Topliss-reactive ketones (excluding diaryl/α,β-unsaturated/α-hetero) is 1. The van der Waals surface area contributed by atoms with Gasteiger partial charge in [-0.1, -0.05) is 20.3 Å². The lowest BCUT2D eigenvalue weighted by Gasteiger charge is -2.12. The van der Waals surface area contributed by atoms with Gasteiger partial charge in [-0.15, -0.1) is 0 Å². The molecule has 3 N–H and O–H groups in total. The first-order chi connectivity index (χ1) is 7.54. The summed E-state index contributed by atoms with van der Waals surface area (Å²) in [6, 6.07) is 5.50. The first-order valence-electron chi connectivity index (χ1n) is 5.69. The fourth-order valence-corrected chi connectivity index (χ4v) is 1.41. The van der Waals surface area contributed by atoms with Crippen LogP contribution in [0.3, 0.4) is 0 Å². The quantitative estimate of drug-likeness (QED) is 0.592. The van der Waals surface area contributed by atoms with E-state index in [1.54, 1.807) is 6.07 Å². The Hall–Kier alpha value is -1.51. The molecule has 16 heavy (non-hydrogen) atoms. The van der Waals surface area contributed by atoms with E-state index in [0.717, 1.165) is 18.7 Å². The maximum absolute atomic E-state index is 11.3. The molecular weight excluding hydrogens is 200 g/mol. The third kappa shape index (κ3) is 3.26. The maximum atomic E-state index is 11.3. The topological polar surface area (TPSA) is 55.1 Å². The van der Waals surface area contributed by atoms with Crippen LogP contribution in [0.1, 0.15) is 37.6 Å². The van der Waals surface area contributed by atoms with E-state index >= 15 is 0 Å².